The zero-order valence-electron chi connectivity index (χ0n) is 16.5. The number of hydrogen-bond donors (Lipinski definition) is 2. The summed E-state index contributed by atoms with van der Waals surface area (Å²) in [4.78, 5) is 13.2. The van der Waals surface area contributed by atoms with E-state index in [0.717, 1.165) is 32.7 Å². The Morgan fingerprint density at radius 3 is 2.03 bits per heavy atom. The summed E-state index contributed by atoms with van der Waals surface area (Å²) < 4.78 is 0. The van der Waals surface area contributed by atoms with E-state index in [0.29, 0.717) is 13.0 Å². The van der Waals surface area contributed by atoms with Gasteiger partial charge in [0.25, 0.3) is 0 Å². The predicted octanol–water partition coefficient (Wildman–Crippen LogP) is 5.28. The lowest BCUT2D eigenvalue weighted by molar-refractivity contribution is 0.0975. The Labute approximate surface area is 171 Å². The molecule has 4 aromatic rings. The van der Waals surface area contributed by atoms with Gasteiger partial charge in [-0.25, -0.2) is 0 Å². The first-order valence-electron chi connectivity index (χ1n) is 10.1. The molecule has 0 saturated carbocycles. The van der Waals surface area contributed by atoms with E-state index in [9.17, 15) is 9.90 Å². The number of aliphatic hydroxyl groups excluding tert-OH is 1. The van der Waals surface area contributed by atoms with Gasteiger partial charge in [0.15, 0.2) is 5.78 Å². The Bertz CT molecular complexity index is 1080. The van der Waals surface area contributed by atoms with E-state index in [1.165, 1.54) is 0 Å². The Kier molecular flexibility index (Phi) is 5.70. The fraction of sp³-hybridized carbons (Fsp3) is 0.192. The van der Waals surface area contributed by atoms with Gasteiger partial charge in [0.2, 0.25) is 0 Å². The molecule has 0 fully saturated rings. The summed E-state index contributed by atoms with van der Waals surface area (Å²) in [6.45, 7) is 2.46. The van der Waals surface area contributed by atoms with Gasteiger partial charge in [-0.3, -0.25) is 4.79 Å². The minimum absolute atomic E-state index is 0.118. The highest BCUT2D eigenvalue weighted by molar-refractivity contribution is 6.18. The van der Waals surface area contributed by atoms with Crippen molar-refractivity contribution in [2.75, 3.05) is 6.54 Å². The molecule has 0 bridgehead atoms. The van der Waals surface area contributed by atoms with Crippen LogP contribution >= 0.6 is 0 Å². The predicted molar refractivity (Wildman–Crippen MR) is 119 cm³/mol. The first kappa shape index (κ1) is 19.3. The van der Waals surface area contributed by atoms with Gasteiger partial charge < -0.3 is 10.4 Å². The normalized spacial score (nSPS) is 13.4. The van der Waals surface area contributed by atoms with Crippen LogP contribution in [0.2, 0.25) is 0 Å². The van der Waals surface area contributed by atoms with Gasteiger partial charge in [-0.1, -0.05) is 78.9 Å². The standard InChI is InChI=1S/C26H25NO2/c1-18(26(29)19-9-3-2-4-10-19)27-16-15-24(28)25-22-13-7-5-11-20(22)17-21-12-6-8-14-23(21)25/h2-14,17-18,26-27,29H,15-16H2,1H3. The molecule has 0 radical (unpaired) electrons. The van der Waals surface area contributed by atoms with Gasteiger partial charge in [-0.2, -0.15) is 0 Å². The zero-order chi connectivity index (χ0) is 20.2. The lowest BCUT2D eigenvalue weighted by Crippen LogP contribution is -2.33. The van der Waals surface area contributed by atoms with Crippen LogP contribution in [0.25, 0.3) is 21.5 Å². The third-order valence-electron chi connectivity index (χ3n) is 5.48. The fourth-order valence-electron chi connectivity index (χ4n) is 3.90. The van der Waals surface area contributed by atoms with Crippen LogP contribution in [0.1, 0.15) is 35.4 Å². The minimum Gasteiger partial charge on any atom is -0.387 e. The number of hydrogen-bond acceptors (Lipinski definition) is 3. The summed E-state index contributed by atoms with van der Waals surface area (Å²) in [5, 5.41) is 18.0. The average Bonchev–Trinajstić information content (AvgIpc) is 2.77. The lowest BCUT2D eigenvalue weighted by Gasteiger charge is -2.20. The molecule has 2 N–H and O–H groups in total. The third-order valence-corrected chi connectivity index (χ3v) is 5.48. The van der Waals surface area contributed by atoms with Crippen LogP contribution in [-0.4, -0.2) is 23.5 Å². The van der Waals surface area contributed by atoms with E-state index in [4.69, 9.17) is 0 Å². The van der Waals surface area contributed by atoms with E-state index in [2.05, 4.69) is 23.5 Å². The quantitative estimate of drug-likeness (QED) is 0.337. The van der Waals surface area contributed by atoms with Gasteiger partial charge in [0.05, 0.1) is 6.10 Å². The van der Waals surface area contributed by atoms with E-state index >= 15 is 0 Å². The van der Waals surface area contributed by atoms with Crippen LogP contribution in [0.15, 0.2) is 84.9 Å². The van der Waals surface area contributed by atoms with Crippen molar-refractivity contribution >= 4 is 27.3 Å². The molecule has 0 heterocycles. The maximum atomic E-state index is 13.2. The molecule has 0 saturated heterocycles. The maximum absolute atomic E-state index is 13.2. The molecule has 0 amide bonds. The monoisotopic (exact) mass is 383 g/mol. The molecule has 4 rings (SSSR count). The molecule has 3 nitrogen and oxygen atoms in total. The van der Waals surface area contributed by atoms with Crippen LogP contribution in [0.4, 0.5) is 0 Å². The Morgan fingerprint density at radius 2 is 1.41 bits per heavy atom. The van der Waals surface area contributed by atoms with Crippen LogP contribution in [0, 0.1) is 0 Å². The first-order valence-corrected chi connectivity index (χ1v) is 10.1. The van der Waals surface area contributed by atoms with Crippen molar-refractivity contribution in [2.24, 2.45) is 0 Å². The van der Waals surface area contributed by atoms with Crippen LogP contribution in [0.5, 0.6) is 0 Å². The summed E-state index contributed by atoms with van der Waals surface area (Å²) in [6.07, 6.45) is -0.228. The van der Waals surface area contributed by atoms with Crippen molar-refractivity contribution in [3.63, 3.8) is 0 Å². The molecular weight excluding hydrogens is 358 g/mol. The average molecular weight is 383 g/mol. The van der Waals surface area contributed by atoms with Crippen molar-refractivity contribution in [1.82, 2.24) is 5.32 Å². The summed E-state index contributed by atoms with van der Waals surface area (Å²) in [7, 11) is 0. The number of nitrogens with one attached hydrogen (secondary N) is 1. The number of carbonyl (C=O) groups is 1. The second-order valence-electron chi connectivity index (χ2n) is 7.47. The molecule has 2 atom stereocenters. The van der Waals surface area contributed by atoms with Crippen LogP contribution < -0.4 is 5.32 Å². The lowest BCUT2D eigenvalue weighted by atomic mass is 9.93. The summed E-state index contributed by atoms with van der Waals surface area (Å²) in [5.41, 5.74) is 1.66. The molecule has 0 aliphatic heterocycles. The first-order chi connectivity index (χ1) is 14.1. The Hall–Kier alpha value is -3.01. The van der Waals surface area contributed by atoms with E-state index in [1.807, 2.05) is 73.7 Å². The number of Topliss-reactive ketones (excluding diaryl/α,β-unsaturated/α-hetero) is 1. The maximum Gasteiger partial charge on any atom is 0.165 e. The van der Waals surface area contributed by atoms with Crippen molar-refractivity contribution in [2.45, 2.75) is 25.5 Å². The van der Waals surface area contributed by atoms with E-state index in [1.54, 1.807) is 0 Å². The summed E-state index contributed by atoms with van der Waals surface area (Å²) in [5.74, 6) is 0.118. The largest absolute Gasteiger partial charge is 0.387 e. The molecule has 0 aliphatic carbocycles. The summed E-state index contributed by atoms with van der Waals surface area (Å²) in [6, 6.07) is 27.7. The molecular formula is C26H25NO2. The van der Waals surface area contributed by atoms with Gasteiger partial charge in [-0.15, -0.1) is 0 Å². The van der Waals surface area contributed by atoms with Crippen molar-refractivity contribution in [3.05, 3.63) is 96.1 Å². The molecule has 4 aromatic carbocycles. The number of rotatable bonds is 7. The zero-order valence-corrected chi connectivity index (χ0v) is 16.5. The molecule has 146 valence electrons. The number of carbonyl (C=O) groups excluding carboxylic acids is 1. The Balaban J connectivity index is 1.52. The molecule has 0 aliphatic rings. The number of aliphatic hydroxyl groups is 1. The summed E-state index contributed by atoms with van der Waals surface area (Å²) >= 11 is 0. The van der Waals surface area contributed by atoms with Crippen LogP contribution in [-0.2, 0) is 0 Å². The molecule has 29 heavy (non-hydrogen) atoms. The Morgan fingerprint density at radius 1 is 0.862 bits per heavy atom. The van der Waals surface area contributed by atoms with Gasteiger partial charge in [-0.05, 0) is 40.1 Å². The van der Waals surface area contributed by atoms with Crippen molar-refractivity contribution in [1.29, 1.82) is 0 Å². The number of ketones is 1. The second kappa shape index (κ2) is 8.56. The highest BCUT2D eigenvalue weighted by atomic mass is 16.3. The highest BCUT2D eigenvalue weighted by Crippen LogP contribution is 2.29. The van der Waals surface area contributed by atoms with E-state index < -0.39 is 6.10 Å². The van der Waals surface area contributed by atoms with Crippen LogP contribution in [0.3, 0.4) is 0 Å². The third kappa shape index (κ3) is 4.07. The molecule has 2 unspecified atom stereocenters. The highest BCUT2D eigenvalue weighted by Gasteiger charge is 2.18. The van der Waals surface area contributed by atoms with Gasteiger partial charge in [0, 0.05) is 24.6 Å². The van der Waals surface area contributed by atoms with Crippen molar-refractivity contribution < 1.29 is 9.90 Å². The topological polar surface area (TPSA) is 49.3 Å². The van der Waals surface area contributed by atoms with Gasteiger partial charge in [0.1, 0.15) is 0 Å². The molecule has 0 aromatic heterocycles. The molecule has 0 spiro atoms. The van der Waals surface area contributed by atoms with Gasteiger partial charge >= 0.3 is 0 Å². The molecule has 3 heteroatoms. The number of fused-ring (bicyclic) bond motifs is 2. The van der Waals surface area contributed by atoms with E-state index in [-0.39, 0.29) is 11.8 Å². The number of benzene rings is 4. The SMILES string of the molecule is CC(NCCC(=O)c1c2ccccc2cc2ccccc12)C(O)c1ccccc1. The smallest absolute Gasteiger partial charge is 0.165 e. The fourth-order valence-corrected chi connectivity index (χ4v) is 3.90. The van der Waals surface area contributed by atoms with Crippen molar-refractivity contribution in [3.8, 4) is 0 Å². The minimum atomic E-state index is -0.607. The second-order valence-corrected chi connectivity index (χ2v) is 7.47.